The number of carbonyl (C=O) groups is 1. The van der Waals surface area contributed by atoms with E-state index in [1.54, 1.807) is 6.07 Å². The number of benzene rings is 1. The Hall–Kier alpha value is -3.55. The van der Waals surface area contributed by atoms with Crippen molar-refractivity contribution in [2.45, 2.75) is 33.2 Å². The van der Waals surface area contributed by atoms with Crippen LogP contribution in [0.4, 0.5) is 0 Å². The molecule has 1 amide bonds. The molecule has 3 heterocycles. The number of hydrogen-bond donors (Lipinski definition) is 1. The minimum absolute atomic E-state index is 0.157. The molecule has 0 saturated carbocycles. The molecule has 0 aliphatic heterocycles. The molecule has 1 aromatic carbocycles. The van der Waals surface area contributed by atoms with Gasteiger partial charge in [-0.2, -0.15) is 4.98 Å². The zero-order valence-corrected chi connectivity index (χ0v) is 15.9. The van der Waals surface area contributed by atoms with Crippen molar-refractivity contribution in [1.29, 1.82) is 0 Å². The third-order valence-electron chi connectivity index (χ3n) is 4.38. The summed E-state index contributed by atoms with van der Waals surface area (Å²) in [6.45, 7) is 6.20. The molecule has 8 heteroatoms. The van der Waals surface area contributed by atoms with Gasteiger partial charge in [-0.3, -0.25) is 9.20 Å². The van der Waals surface area contributed by atoms with Crippen LogP contribution in [-0.2, 0) is 6.54 Å². The van der Waals surface area contributed by atoms with Crippen LogP contribution in [0.3, 0.4) is 0 Å². The van der Waals surface area contributed by atoms with Crippen LogP contribution in [0.2, 0.25) is 0 Å². The van der Waals surface area contributed by atoms with E-state index in [2.05, 4.69) is 25.7 Å². The Morgan fingerprint density at radius 2 is 2.07 bits per heavy atom. The lowest BCUT2D eigenvalue weighted by Gasteiger charge is -2.05. The molecule has 0 spiro atoms. The van der Waals surface area contributed by atoms with Gasteiger partial charge in [-0.05, 0) is 31.2 Å². The van der Waals surface area contributed by atoms with Gasteiger partial charge in [-0.15, -0.1) is 10.2 Å². The van der Waals surface area contributed by atoms with Gasteiger partial charge < -0.3 is 9.84 Å². The van der Waals surface area contributed by atoms with Crippen LogP contribution < -0.4 is 5.32 Å². The number of carbonyl (C=O) groups excluding carboxylic acids is 1. The largest absolute Gasteiger partial charge is 0.345 e. The number of rotatable bonds is 5. The molecule has 0 bridgehead atoms. The highest BCUT2D eigenvalue weighted by Crippen LogP contribution is 2.23. The smallest absolute Gasteiger partial charge is 0.261 e. The quantitative estimate of drug-likeness (QED) is 0.575. The monoisotopic (exact) mass is 376 g/mol. The Bertz CT molecular complexity index is 1140. The van der Waals surface area contributed by atoms with Crippen LogP contribution in [-0.4, -0.2) is 30.6 Å². The van der Waals surface area contributed by atoms with Crippen LogP contribution in [0.5, 0.6) is 0 Å². The lowest BCUT2D eigenvalue weighted by Crippen LogP contribution is -2.24. The van der Waals surface area contributed by atoms with Gasteiger partial charge in [0, 0.05) is 17.7 Å². The van der Waals surface area contributed by atoms with Crippen molar-refractivity contribution in [3.8, 4) is 11.5 Å². The molecule has 0 fully saturated rings. The van der Waals surface area contributed by atoms with E-state index in [0.29, 0.717) is 34.3 Å². The Kier molecular flexibility index (Phi) is 4.60. The second kappa shape index (κ2) is 7.22. The second-order valence-corrected chi connectivity index (χ2v) is 6.90. The predicted molar refractivity (Wildman–Crippen MR) is 103 cm³/mol. The Morgan fingerprint density at radius 1 is 1.21 bits per heavy atom. The van der Waals surface area contributed by atoms with Gasteiger partial charge in [0.05, 0.1) is 12.1 Å². The Labute approximate surface area is 161 Å². The van der Waals surface area contributed by atoms with Crippen LogP contribution in [0, 0.1) is 6.92 Å². The summed E-state index contributed by atoms with van der Waals surface area (Å²) in [7, 11) is 0. The average molecular weight is 376 g/mol. The van der Waals surface area contributed by atoms with E-state index < -0.39 is 0 Å². The number of amides is 1. The fourth-order valence-electron chi connectivity index (χ4n) is 2.88. The molecule has 4 rings (SSSR count). The summed E-state index contributed by atoms with van der Waals surface area (Å²) >= 11 is 0. The maximum Gasteiger partial charge on any atom is 0.261 e. The zero-order valence-electron chi connectivity index (χ0n) is 15.9. The molecule has 1 N–H and O–H groups in total. The minimum Gasteiger partial charge on any atom is -0.345 e. The third-order valence-corrected chi connectivity index (χ3v) is 4.38. The number of hydrogen-bond acceptors (Lipinski definition) is 6. The Morgan fingerprint density at radius 3 is 2.82 bits per heavy atom. The maximum absolute atomic E-state index is 12.4. The van der Waals surface area contributed by atoms with Gasteiger partial charge in [-0.1, -0.05) is 36.7 Å². The fraction of sp³-hybridized carbons (Fsp3) is 0.250. The van der Waals surface area contributed by atoms with E-state index >= 15 is 0 Å². The number of nitrogens with zero attached hydrogens (tertiary/aromatic N) is 5. The standard InChI is InChI=1S/C20H20N6O2/c1-12(2)17-22-20(28-25-17)15-8-5-9-26-16(23-24-18(15)26)11-21-19(27)14-7-4-6-13(3)10-14/h4-10,12H,11H2,1-3H3,(H,21,27). The molecule has 4 aromatic rings. The molecule has 28 heavy (non-hydrogen) atoms. The number of nitrogens with one attached hydrogen (secondary N) is 1. The molecular weight excluding hydrogens is 356 g/mol. The highest BCUT2D eigenvalue weighted by atomic mass is 16.5. The van der Waals surface area contributed by atoms with Crippen molar-refractivity contribution in [1.82, 2.24) is 30.1 Å². The van der Waals surface area contributed by atoms with Crippen molar-refractivity contribution in [3.63, 3.8) is 0 Å². The average Bonchev–Trinajstić information content (AvgIpc) is 3.33. The summed E-state index contributed by atoms with van der Waals surface area (Å²) in [6, 6.07) is 11.2. The molecule has 0 radical (unpaired) electrons. The third kappa shape index (κ3) is 3.36. The number of fused-ring (bicyclic) bond motifs is 1. The molecular formula is C20H20N6O2. The summed E-state index contributed by atoms with van der Waals surface area (Å²) in [5, 5.41) is 15.4. The van der Waals surface area contributed by atoms with Gasteiger partial charge in [0.15, 0.2) is 17.3 Å². The highest BCUT2D eigenvalue weighted by molar-refractivity contribution is 5.94. The number of aromatic nitrogens is 5. The lowest BCUT2D eigenvalue weighted by atomic mass is 10.1. The lowest BCUT2D eigenvalue weighted by molar-refractivity contribution is 0.0949. The molecule has 0 saturated heterocycles. The van der Waals surface area contributed by atoms with Crippen LogP contribution in [0.15, 0.2) is 47.1 Å². The normalized spacial score (nSPS) is 11.3. The van der Waals surface area contributed by atoms with Gasteiger partial charge in [0.2, 0.25) is 0 Å². The number of aryl methyl sites for hydroxylation is 1. The molecule has 0 unspecified atom stereocenters. The summed E-state index contributed by atoms with van der Waals surface area (Å²) in [5.41, 5.74) is 2.94. The van der Waals surface area contributed by atoms with E-state index in [0.717, 1.165) is 5.56 Å². The van der Waals surface area contributed by atoms with Crippen LogP contribution in [0.25, 0.3) is 17.1 Å². The van der Waals surface area contributed by atoms with E-state index in [-0.39, 0.29) is 18.4 Å². The first-order chi connectivity index (χ1) is 13.5. The van der Waals surface area contributed by atoms with E-state index in [1.807, 2.05) is 61.7 Å². The SMILES string of the molecule is Cc1cccc(C(=O)NCc2nnc3c(-c4nc(C(C)C)no4)cccn23)c1. The topological polar surface area (TPSA) is 98.2 Å². The zero-order chi connectivity index (χ0) is 19.7. The highest BCUT2D eigenvalue weighted by Gasteiger charge is 2.17. The van der Waals surface area contributed by atoms with Crippen LogP contribution in [0.1, 0.15) is 47.3 Å². The van der Waals surface area contributed by atoms with Crippen molar-refractivity contribution < 1.29 is 9.32 Å². The van der Waals surface area contributed by atoms with Crippen LogP contribution >= 0.6 is 0 Å². The summed E-state index contributed by atoms with van der Waals surface area (Å²) in [4.78, 5) is 16.8. The van der Waals surface area contributed by atoms with Crippen molar-refractivity contribution in [3.05, 3.63) is 65.4 Å². The van der Waals surface area contributed by atoms with Gasteiger partial charge in [-0.25, -0.2) is 0 Å². The first-order valence-electron chi connectivity index (χ1n) is 9.04. The van der Waals surface area contributed by atoms with E-state index in [4.69, 9.17) is 4.52 Å². The maximum atomic E-state index is 12.4. The number of pyridine rings is 1. The Balaban J connectivity index is 1.58. The molecule has 8 nitrogen and oxygen atoms in total. The molecule has 0 aliphatic rings. The van der Waals surface area contributed by atoms with Crippen molar-refractivity contribution in [2.75, 3.05) is 0 Å². The van der Waals surface area contributed by atoms with Crippen molar-refractivity contribution in [2.24, 2.45) is 0 Å². The molecule has 3 aromatic heterocycles. The molecule has 0 atom stereocenters. The minimum atomic E-state index is -0.157. The first-order valence-corrected chi connectivity index (χ1v) is 9.04. The van der Waals surface area contributed by atoms with E-state index in [9.17, 15) is 4.79 Å². The summed E-state index contributed by atoms with van der Waals surface area (Å²) < 4.78 is 7.20. The van der Waals surface area contributed by atoms with Gasteiger partial charge in [0.1, 0.15) is 0 Å². The fourth-order valence-corrected chi connectivity index (χ4v) is 2.88. The first kappa shape index (κ1) is 17.8. The molecule has 0 aliphatic carbocycles. The van der Waals surface area contributed by atoms with E-state index in [1.165, 1.54) is 0 Å². The predicted octanol–water partition coefficient (Wildman–Crippen LogP) is 3.14. The summed E-state index contributed by atoms with van der Waals surface area (Å²) in [6.07, 6.45) is 1.84. The molecule has 142 valence electrons. The summed E-state index contributed by atoms with van der Waals surface area (Å²) in [5.74, 6) is 1.67. The second-order valence-electron chi connectivity index (χ2n) is 6.90. The van der Waals surface area contributed by atoms with Gasteiger partial charge >= 0.3 is 0 Å². The van der Waals surface area contributed by atoms with Gasteiger partial charge in [0.25, 0.3) is 11.8 Å². The van der Waals surface area contributed by atoms with Crippen molar-refractivity contribution >= 4 is 11.6 Å².